The summed E-state index contributed by atoms with van der Waals surface area (Å²) >= 11 is 0. The Labute approximate surface area is 103 Å². The van der Waals surface area contributed by atoms with E-state index in [1.165, 1.54) is 11.1 Å². The number of rotatable bonds is 5. The van der Waals surface area contributed by atoms with Gasteiger partial charge >= 0.3 is 0 Å². The number of benzene rings is 2. The molecule has 2 aromatic rings. The van der Waals surface area contributed by atoms with Crippen LogP contribution < -0.4 is 4.74 Å². The van der Waals surface area contributed by atoms with Gasteiger partial charge in [-0.15, -0.1) is 0 Å². The fourth-order valence-electron chi connectivity index (χ4n) is 1.70. The van der Waals surface area contributed by atoms with Crippen molar-refractivity contribution in [1.82, 2.24) is 0 Å². The molecular formula is C16H17O. The second-order valence-electron chi connectivity index (χ2n) is 4.03. The highest BCUT2D eigenvalue weighted by Gasteiger charge is 1.96. The molecule has 0 bridgehead atoms. The third kappa shape index (κ3) is 3.63. The Morgan fingerprint density at radius 2 is 1.59 bits per heavy atom. The summed E-state index contributed by atoms with van der Waals surface area (Å²) in [5.74, 6) is 0.925. The smallest absolute Gasteiger partial charge is 0.119 e. The van der Waals surface area contributed by atoms with Gasteiger partial charge in [-0.2, -0.15) is 0 Å². The van der Waals surface area contributed by atoms with Crippen molar-refractivity contribution in [1.29, 1.82) is 0 Å². The third-order valence-corrected chi connectivity index (χ3v) is 2.61. The first-order chi connectivity index (χ1) is 8.38. The lowest BCUT2D eigenvalue weighted by molar-refractivity contribution is 0.306. The average Bonchev–Trinajstić information content (AvgIpc) is 2.40. The minimum atomic E-state index is 0.625. The highest BCUT2D eigenvalue weighted by Crippen LogP contribution is 2.14. The molecule has 0 heterocycles. The van der Waals surface area contributed by atoms with E-state index in [0.29, 0.717) is 6.61 Å². The van der Waals surface area contributed by atoms with E-state index in [4.69, 9.17) is 4.74 Å². The van der Waals surface area contributed by atoms with Crippen LogP contribution in [0.15, 0.2) is 54.6 Å². The second kappa shape index (κ2) is 6.09. The van der Waals surface area contributed by atoms with Crippen molar-refractivity contribution in [2.75, 3.05) is 0 Å². The molecule has 2 aromatic carbocycles. The van der Waals surface area contributed by atoms with Crippen LogP contribution in [0, 0.1) is 6.42 Å². The minimum absolute atomic E-state index is 0.625. The van der Waals surface area contributed by atoms with Gasteiger partial charge in [-0.1, -0.05) is 49.4 Å². The summed E-state index contributed by atoms with van der Waals surface area (Å²) in [6.45, 7) is 2.69. The highest BCUT2D eigenvalue weighted by atomic mass is 16.5. The van der Waals surface area contributed by atoms with Crippen molar-refractivity contribution < 1.29 is 4.74 Å². The molecule has 0 spiro atoms. The van der Waals surface area contributed by atoms with Crippen molar-refractivity contribution >= 4 is 0 Å². The molecule has 87 valence electrons. The Kier molecular flexibility index (Phi) is 4.20. The summed E-state index contributed by atoms with van der Waals surface area (Å²) in [7, 11) is 0. The Morgan fingerprint density at radius 1 is 0.882 bits per heavy atom. The van der Waals surface area contributed by atoms with Gasteiger partial charge in [0.05, 0.1) is 0 Å². The Bertz CT molecular complexity index is 431. The number of hydrogen-bond acceptors (Lipinski definition) is 1. The maximum Gasteiger partial charge on any atom is 0.119 e. The van der Waals surface area contributed by atoms with E-state index in [1.807, 2.05) is 30.3 Å². The van der Waals surface area contributed by atoms with Gasteiger partial charge in [0.2, 0.25) is 0 Å². The van der Waals surface area contributed by atoms with Gasteiger partial charge in [0.25, 0.3) is 0 Å². The molecule has 0 aliphatic heterocycles. The lowest BCUT2D eigenvalue weighted by Gasteiger charge is -2.07. The van der Waals surface area contributed by atoms with Crippen molar-refractivity contribution in [3.05, 3.63) is 72.1 Å². The van der Waals surface area contributed by atoms with Crippen LogP contribution in [0.3, 0.4) is 0 Å². The minimum Gasteiger partial charge on any atom is -0.489 e. The van der Waals surface area contributed by atoms with E-state index in [-0.39, 0.29) is 0 Å². The summed E-state index contributed by atoms with van der Waals surface area (Å²) in [6.07, 6.45) is 3.17. The predicted octanol–water partition coefficient (Wildman–Crippen LogP) is 4.03. The third-order valence-electron chi connectivity index (χ3n) is 2.61. The molecule has 2 rings (SSSR count). The largest absolute Gasteiger partial charge is 0.489 e. The monoisotopic (exact) mass is 225 g/mol. The zero-order chi connectivity index (χ0) is 11.9. The van der Waals surface area contributed by atoms with Crippen LogP contribution >= 0.6 is 0 Å². The molecule has 0 saturated heterocycles. The molecule has 17 heavy (non-hydrogen) atoms. The fourth-order valence-corrected chi connectivity index (χ4v) is 1.70. The first-order valence-corrected chi connectivity index (χ1v) is 5.92. The summed E-state index contributed by atoms with van der Waals surface area (Å²) in [5.41, 5.74) is 2.51. The van der Waals surface area contributed by atoms with Crippen LogP contribution in [0.2, 0.25) is 0 Å². The summed E-state index contributed by atoms with van der Waals surface area (Å²) in [5, 5.41) is 0. The molecule has 0 fully saturated rings. The Balaban J connectivity index is 1.91. The van der Waals surface area contributed by atoms with Crippen molar-refractivity contribution in [3.8, 4) is 5.75 Å². The zero-order valence-corrected chi connectivity index (χ0v) is 10.1. The number of ether oxygens (including phenoxy) is 1. The lowest BCUT2D eigenvalue weighted by atomic mass is 10.1. The molecule has 1 heteroatoms. The van der Waals surface area contributed by atoms with Crippen molar-refractivity contribution in [2.45, 2.75) is 20.0 Å². The summed E-state index contributed by atoms with van der Waals surface area (Å²) < 4.78 is 5.71. The van der Waals surface area contributed by atoms with Crippen LogP contribution in [0.25, 0.3) is 0 Å². The Morgan fingerprint density at radius 3 is 2.24 bits per heavy atom. The maximum absolute atomic E-state index is 5.71. The quantitative estimate of drug-likeness (QED) is 0.746. The normalized spacial score (nSPS) is 10.2. The van der Waals surface area contributed by atoms with Gasteiger partial charge in [0.1, 0.15) is 12.4 Å². The average molecular weight is 225 g/mol. The van der Waals surface area contributed by atoms with Gasteiger partial charge in [-0.3, -0.25) is 0 Å². The van der Waals surface area contributed by atoms with Gasteiger partial charge in [-0.05, 0) is 36.1 Å². The van der Waals surface area contributed by atoms with E-state index in [0.717, 1.165) is 12.2 Å². The molecule has 0 N–H and O–H groups in total. The zero-order valence-electron chi connectivity index (χ0n) is 10.1. The van der Waals surface area contributed by atoms with E-state index in [2.05, 4.69) is 37.6 Å². The molecule has 0 aliphatic carbocycles. The molecule has 0 amide bonds. The van der Waals surface area contributed by atoms with Crippen molar-refractivity contribution in [2.24, 2.45) is 0 Å². The standard InChI is InChI=1S/C16H17O/c1-2-6-14-9-11-16(12-10-14)17-13-15-7-4-3-5-8-15/h2-5,7-12H,6,13H2,1H3. The molecular weight excluding hydrogens is 208 g/mol. The summed E-state index contributed by atoms with van der Waals surface area (Å²) in [4.78, 5) is 0. The highest BCUT2D eigenvalue weighted by molar-refractivity contribution is 5.28. The van der Waals surface area contributed by atoms with E-state index in [9.17, 15) is 0 Å². The number of hydrogen-bond donors (Lipinski definition) is 0. The molecule has 1 radical (unpaired) electrons. The summed E-state index contributed by atoms with van der Waals surface area (Å²) in [6, 6.07) is 18.5. The molecule has 1 nitrogen and oxygen atoms in total. The lowest BCUT2D eigenvalue weighted by Crippen LogP contribution is -1.95. The van der Waals surface area contributed by atoms with Crippen LogP contribution in [-0.4, -0.2) is 0 Å². The fraction of sp³-hybridized carbons (Fsp3) is 0.188. The maximum atomic E-state index is 5.71. The van der Waals surface area contributed by atoms with E-state index in [1.54, 1.807) is 0 Å². The molecule has 0 atom stereocenters. The van der Waals surface area contributed by atoms with Gasteiger partial charge in [0, 0.05) is 0 Å². The molecule has 0 saturated carbocycles. The van der Waals surface area contributed by atoms with Crippen molar-refractivity contribution in [3.63, 3.8) is 0 Å². The van der Waals surface area contributed by atoms with Crippen LogP contribution in [0.5, 0.6) is 5.75 Å². The van der Waals surface area contributed by atoms with Crippen LogP contribution in [0.4, 0.5) is 0 Å². The molecule has 0 unspecified atom stereocenters. The van der Waals surface area contributed by atoms with Crippen LogP contribution in [-0.2, 0) is 13.0 Å². The van der Waals surface area contributed by atoms with E-state index >= 15 is 0 Å². The van der Waals surface area contributed by atoms with Crippen LogP contribution in [0.1, 0.15) is 18.1 Å². The SMILES string of the molecule is C[CH]Cc1ccc(OCc2ccccc2)cc1. The molecule has 0 aromatic heterocycles. The van der Waals surface area contributed by atoms with Gasteiger partial charge < -0.3 is 4.74 Å². The first-order valence-electron chi connectivity index (χ1n) is 5.92. The van der Waals surface area contributed by atoms with E-state index < -0.39 is 0 Å². The first kappa shape index (κ1) is 11.7. The topological polar surface area (TPSA) is 9.23 Å². The second-order valence-corrected chi connectivity index (χ2v) is 4.03. The molecule has 0 aliphatic rings. The van der Waals surface area contributed by atoms with Gasteiger partial charge in [0.15, 0.2) is 0 Å². The van der Waals surface area contributed by atoms with Gasteiger partial charge in [-0.25, -0.2) is 0 Å². The predicted molar refractivity (Wildman–Crippen MR) is 70.9 cm³/mol. The Hall–Kier alpha value is -1.76.